The summed E-state index contributed by atoms with van der Waals surface area (Å²) in [4.78, 5) is 6.17. The third-order valence-corrected chi connectivity index (χ3v) is 5.55. The Morgan fingerprint density at radius 2 is 1.90 bits per heavy atom. The minimum atomic E-state index is -3.53. The molecule has 0 amide bonds. The highest BCUT2D eigenvalue weighted by molar-refractivity contribution is 9.10. The van der Waals surface area contributed by atoms with E-state index >= 15 is 0 Å². The van der Waals surface area contributed by atoms with Crippen LogP contribution in [-0.2, 0) is 10.0 Å². The van der Waals surface area contributed by atoms with Crippen molar-refractivity contribution in [2.24, 2.45) is 5.92 Å². The van der Waals surface area contributed by atoms with Crippen molar-refractivity contribution in [3.63, 3.8) is 0 Å². The van der Waals surface area contributed by atoms with E-state index < -0.39 is 10.0 Å². The highest BCUT2D eigenvalue weighted by Crippen LogP contribution is 2.18. The van der Waals surface area contributed by atoms with Crippen molar-refractivity contribution in [3.8, 4) is 0 Å². The molecule has 1 atom stereocenters. The van der Waals surface area contributed by atoms with Gasteiger partial charge in [-0.1, -0.05) is 26.7 Å². The van der Waals surface area contributed by atoms with Crippen molar-refractivity contribution in [1.29, 1.82) is 0 Å². The normalized spacial score (nSPS) is 13.9. The summed E-state index contributed by atoms with van der Waals surface area (Å²) in [6.45, 7) is 4.67. The van der Waals surface area contributed by atoms with Crippen molar-refractivity contribution >= 4 is 26.0 Å². The van der Waals surface area contributed by atoms with Gasteiger partial charge < -0.3 is 4.90 Å². The van der Waals surface area contributed by atoms with E-state index in [4.69, 9.17) is 0 Å². The minimum Gasteiger partial charge on any atom is -0.305 e. The maximum atomic E-state index is 12.3. The van der Waals surface area contributed by atoms with Crippen molar-refractivity contribution in [2.45, 2.75) is 37.6 Å². The molecule has 0 spiro atoms. The lowest BCUT2D eigenvalue weighted by atomic mass is 9.93. The molecule has 5 nitrogen and oxygen atoms in total. The van der Waals surface area contributed by atoms with Crippen LogP contribution < -0.4 is 4.72 Å². The molecule has 1 unspecified atom stereocenters. The molecule has 0 aromatic carbocycles. The van der Waals surface area contributed by atoms with Crippen molar-refractivity contribution in [2.75, 3.05) is 20.6 Å². The van der Waals surface area contributed by atoms with Crippen molar-refractivity contribution in [3.05, 3.63) is 22.9 Å². The Morgan fingerprint density at radius 3 is 2.38 bits per heavy atom. The Balaban J connectivity index is 2.84. The average Bonchev–Trinajstić information content (AvgIpc) is 2.43. The molecule has 1 N–H and O–H groups in total. The van der Waals surface area contributed by atoms with Crippen LogP contribution in [0.2, 0.25) is 0 Å². The Kier molecular flexibility index (Phi) is 7.26. The van der Waals surface area contributed by atoms with Crippen LogP contribution in [0.1, 0.15) is 26.7 Å². The smallest absolute Gasteiger partial charge is 0.242 e. The van der Waals surface area contributed by atoms with Gasteiger partial charge in [0.15, 0.2) is 0 Å². The molecule has 1 heterocycles. The zero-order chi connectivity index (χ0) is 16.0. The number of rotatable bonds is 8. The Hall–Kier alpha value is -0.500. The quantitative estimate of drug-likeness (QED) is 0.755. The number of nitrogens with one attached hydrogen (secondary N) is 1. The molecule has 0 radical (unpaired) electrons. The zero-order valence-corrected chi connectivity index (χ0v) is 15.4. The van der Waals surface area contributed by atoms with E-state index in [9.17, 15) is 8.42 Å². The summed E-state index contributed by atoms with van der Waals surface area (Å²) < 4.78 is 28.0. The number of hydrogen-bond donors (Lipinski definition) is 1. The second kappa shape index (κ2) is 8.22. The Bertz CT molecular complexity index is 545. The van der Waals surface area contributed by atoms with Crippen LogP contribution >= 0.6 is 15.9 Å². The molecular weight excluding hydrogens is 354 g/mol. The first-order valence-electron chi connectivity index (χ1n) is 7.08. The second-order valence-electron chi connectivity index (χ2n) is 5.30. The van der Waals surface area contributed by atoms with E-state index in [0.29, 0.717) is 16.9 Å². The first kappa shape index (κ1) is 18.5. The lowest BCUT2D eigenvalue weighted by molar-refractivity contribution is 0.201. The fourth-order valence-electron chi connectivity index (χ4n) is 2.42. The molecule has 0 aliphatic heterocycles. The largest absolute Gasteiger partial charge is 0.305 e. The molecule has 0 saturated heterocycles. The SMILES string of the molecule is CCC(CC)C(CNS(=O)(=O)c1cncc(Br)c1)N(C)C. The molecule has 7 heteroatoms. The summed E-state index contributed by atoms with van der Waals surface area (Å²) in [6, 6.07) is 1.73. The van der Waals surface area contributed by atoms with Gasteiger partial charge in [0, 0.05) is 29.5 Å². The summed E-state index contributed by atoms with van der Waals surface area (Å²) in [5.41, 5.74) is 0. The standard InChI is InChI=1S/C14H24BrN3O2S/c1-5-11(6-2)14(18(3)4)10-17-21(19,20)13-7-12(15)8-16-9-13/h7-9,11,14,17H,5-6,10H2,1-4H3. The van der Waals surface area contributed by atoms with Crippen LogP contribution in [0.5, 0.6) is 0 Å². The number of nitrogens with zero attached hydrogens (tertiary/aromatic N) is 2. The average molecular weight is 378 g/mol. The Morgan fingerprint density at radius 1 is 1.29 bits per heavy atom. The van der Waals surface area contributed by atoms with Crippen LogP contribution in [-0.4, -0.2) is 45.0 Å². The van der Waals surface area contributed by atoms with E-state index in [1.807, 2.05) is 14.1 Å². The molecule has 0 saturated carbocycles. The first-order chi connectivity index (χ1) is 9.81. The van der Waals surface area contributed by atoms with Crippen molar-refractivity contribution < 1.29 is 8.42 Å². The van der Waals surface area contributed by atoms with E-state index in [2.05, 4.69) is 44.4 Å². The molecule has 120 valence electrons. The van der Waals surface area contributed by atoms with Crippen LogP contribution in [0.15, 0.2) is 27.8 Å². The molecule has 0 aliphatic carbocycles. The van der Waals surface area contributed by atoms with Gasteiger partial charge in [-0.3, -0.25) is 4.98 Å². The number of halogens is 1. The van der Waals surface area contributed by atoms with Crippen LogP contribution in [0.3, 0.4) is 0 Å². The van der Waals surface area contributed by atoms with Gasteiger partial charge in [-0.25, -0.2) is 13.1 Å². The highest BCUT2D eigenvalue weighted by Gasteiger charge is 2.23. The van der Waals surface area contributed by atoms with Gasteiger partial charge in [-0.15, -0.1) is 0 Å². The molecule has 1 rings (SSSR count). The van der Waals surface area contributed by atoms with E-state index in [1.165, 1.54) is 6.20 Å². The lowest BCUT2D eigenvalue weighted by Gasteiger charge is -2.31. The number of sulfonamides is 1. The molecule has 1 aromatic heterocycles. The summed E-state index contributed by atoms with van der Waals surface area (Å²) in [7, 11) is 0.438. The van der Waals surface area contributed by atoms with Gasteiger partial charge in [0.2, 0.25) is 10.0 Å². The lowest BCUT2D eigenvalue weighted by Crippen LogP contribution is -2.44. The predicted molar refractivity (Wildman–Crippen MR) is 88.7 cm³/mol. The predicted octanol–water partition coefficient (Wildman–Crippen LogP) is 2.49. The van der Waals surface area contributed by atoms with E-state index in [1.54, 1.807) is 12.3 Å². The second-order valence-corrected chi connectivity index (χ2v) is 7.98. The molecule has 0 fully saturated rings. The van der Waals surface area contributed by atoms with Gasteiger partial charge in [0.05, 0.1) is 0 Å². The molecule has 21 heavy (non-hydrogen) atoms. The summed E-state index contributed by atoms with van der Waals surface area (Å²) >= 11 is 3.24. The Labute approximate surface area is 136 Å². The summed E-state index contributed by atoms with van der Waals surface area (Å²) in [5, 5.41) is 0. The van der Waals surface area contributed by atoms with Crippen molar-refractivity contribution in [1.82, 2.24) is 14.6 Å². The van der Waals surface area contributed by atoms with Gasteiger partial charge in [-0.05, 0) is 42.0 Å². The molecular formula is C14H24BrN3O2S. The number of hydrogen-bond acceptors (Lipinski definition) is 4. The molecule has 0 aliphatic rings. The fraction of sp³-hybridized carbons (Fsp3) is 0.643. The van der Waals surface area contributed by atoms with Gasteiger partial charge in [-0.2, -0.15) is 0 Å². The number of pyridine rings is 1. The van der Waals surface area contributed by atoms with E-state index in [-0.39, 0.29) is 10.9 Å². The van der Waals surface area contributed by atoms with Crippen LogP contribution in [0, 0.1) is 5.92 Å². The van der Waals surface area contributed by atoms with Gasteiger partial charge in [0.25, 0.3) is 0 Å². The molecule has 0 bridgehead atoms. The maximum absolute atomic E-state index is 12.3. The minimum absolute atomic E-state index is 0.176. The summed E-state index contributed by atoms with van der Waals surface area (Å²) in [5.74, 6) is 0.461. The monoisotopic (exact) mass is 377 g/mol. The van der Waals surface area contributed by atoms with Gasteiger partial charge in [0.1, 0.15) is 4.90 Å². The van der Waals surface area contributed by atoms with E-state index in [0.717, 1.165) is 12.8 Å². The number of aromatic nitrogens is 1. The highest BCUT2D eigenvalue weighted by atomic mass is 79.9. The number of likely N-dealkylation sites (N-methyl/N-ethyl adjacent to an activating group) is 1. The third-order valence-electron chi connectivity index (χ3n) is 3.73. The van der Waals surface area contributed by atoms with Gasteiger partial charge >= 0.3 is 0 Å². The van der Waals surface area contributed by atoms with Crippen LogP contribution in [0.4, 0.5) is 0 Å². The van der Waals surface area contributed by atoms with Crippen LogP contribution in [0.25, 0.3) is 0 Å². The topological polar surface area (TPSA) is 62.3 Å². The first-order valence-corrected chi connectivity index (χ1v) is 9.36. The maximum Gasteiger partial charge on any atom is 0.242 e. The molecule has 1 aromatic rings. The zero-order valence-electron chi connectivity index (χ0n) is 13.0. The third kappa shape index (κ3) is 5.32. The fourth-order valence-corrected chi connectivity index (χ4v) is 3.98. The summed E-state index contributed by atoms with van der Waals surface area (Å²) in [6.07, 6.45) is 4.97.